The fourth-order valence-electron chi connectivity index (χ4n) is 3.38. The summed E-state index contributed by atoms with van der Waals surface area (Å²) in [5.74, 6) is 2.27. The maximum atomic E-state index is 12.5. The van der Waals surface area contributed by atoms with Gasteiger partial charge in [0.2, 0.25) is 17.5 Å². The molecule has 2 aromatic rings. The number of piperidine rings is 1. The van der Waals surface area contributed by atoms with Gasteiger partial charge in [0.15, 0.2) is 5.89 Å². The van der Waals surface area contributed by atoms with Crippen molar-refractivity contribution in [3.63, 3.8) is 0 Å². The van der Waals surface area contributed by atoms with Crippen molar-refractivity contribution in [3.8, 4) is 6.07 Å². The van der Waals surface area contributed by atoms with Gasteiger partial charge in [-0.3, -0.25) is 4.79 Å². The van der Waals surface area contributed by atoms with E-state index < -0.39 is 0 Å². The van der Waals surface area contributed by atoms with Crippen LogP contribution in [-0.2, 0) is 11.3 Å². The van der Waals surface area contributed by atoms with Crippen molar-refractivity contribution in [2.75, 3.05) is 24.5 Å². The van der Waals surface area contributed by atoms with Crippen LogP contribution >= 0.6 is 0 Å². The number of nitrogens with zero attached hydrogens (tertiary/aromatic N) is 6. The van der Waals surface area contributed by atoms with Gasteiger partial charge in [0, 0.05) is 44.9 Å². The van der Waals surface area contributed by atoms with Crippen LogP contribution in [0.1, 0.15) is 50.0 Å². The summed E-state index contributed by atoms with van der Waals surface area (Å²) in [5.41, 5.74) is 0.310. The highest BCUT2D eigenvalue weighted by Crippen LogP contribution is 2.27. The Morgan fingerprint density at radius 3 is 2.85 bits per heavy atom. The van der Waals surface area contributed by atoms with Crippen molar-refractivity contribution in [1.29, 1.82) is 5.26 Å². The van der Waals surface area contributed by atoms with Crippen LogP contribution in [-0.4, -0.2) is 45.3 Å². The van der Waals surface area contributed by atoms with Crippen LogP contribution in [0, 0.1) is 24.2 Å². The van der Waals surface area contributed by atoms with E-state index in [1.807, 2.05) is 9.47 Å². The summed E-state index contributed by atoms with van der Waals surface area (Å²) in [7, 11) is 0. The molecule has 1 fully saturated rings. The Hall–Kier alpha value is -2.89. The molecule has 1 N–H and O–H groups in total. The van der Waals surface area contributed by atoms with Gasteiger partial charge in [-0.25, -0.2) is 4.98 Å². The number of hydrogen-bond donors (Lipinski definition) is 1. The Labute approximate surface area is 158 Å². The molecule has 0 unspecified atom stereocenters. The molecule has 0 saturated carbocycles. The zero-order valence-electron chi connectivity index (χ0n) is 16.0. The van der Waals surface area contributed by atoms with Crippen LogP contribution in [0.2, 0.25) is 0 Å². The summed E-state index contributed by atoms with van der Waals surface area (Å²) in [6, 6.07) is 2.06. The van der Waals surface area contributed by atoms with E-state index in [0.717, 1.165) is 18.7 Å². The minimum Gasteiger partial charge on any atom is -0.424 e. The lowest BCUT2D eigenvalue weighted by atomic mass is 9.96. The number of nitriles is 1. The van der Waals surface area contributed by atoms with Gasteiger partial charge in [0.25, 0.3) is 0 Å². The molecule has 1 aliphatic heterocycles. The van der Waals surface area contributed by atoms with E-state index in [9.17, 15) is 4.79 Å². The molecule has 0 spiro atoms. The summed E-state index contributed by atoms with van der Waals surface area (Å²) in [6.45, 7) is 8.42. The minimum absolute atomic E-state index is 0.0266. The monoisotopic (exact) mass is 371 g/mol. The number of aromatic nitrogens is 4. The van der Waals surface area contributed by atoms with Gasteiger partial charge in [-0.1, -0.05) is 13.8 Å². The zero-order valence-corrected chi connectivity index (χ0v) is 16.0. The Morgan fingerprint density at radius 1 is 1.44 bits per heavy atom. The van der Waals surface area contributed by atoms with Crippen molar-refractivity contribution in [1.82, 2.24) is 25.1 Å². The molecule has 27 heavy (non-hydrogen) atoms. The number of anilines is 1. The largest absolute Gasteiger partial charge is 0.424 e. The van der Waals surface area contributed by atoms with E-state index >= 15 is 0 Å². The fourth-order valence-corrected chi connectivity index (χ4v) is 3.38. The van der Waals surface area contributed by atoms with Crippen LogP contribution in [0.3, 0.4) is 0 Å². The van der Waals surface area contributed by atoms with E-state index in [2.05, 4.69) is 40.4 Å². The van der Waals surface area contributed by atoms with E-state index in [4.69, 9.17) is 9.68 Å². The Kier molecular flexibility index (Phi) is 5.74. The first-order valence-corrected chi connectivity index (χ1v) is 9.27. The number of carbonyl (C=O) groups is 1. The molecular weight excluding hydrogens is 346 g/mol. The van der Waals surface area contributed by atoms with Crippen molar-refractivity contribution in [3.05, 3.63) is 23.7 Å². The van der Waals surface area contributed by atoms with Gasteiger partial charge >= 0.3 is 0 Å². The topological polar surface area (TPSA) is 113 Å². The predicted molar refractivity (Wildman–Crippen MR) is 98.0 cm³/mol. The first-order valence-electron chi connectivity index (χ1n) is 9.27. The molecule has 3 heterocycles. The second-order valence-electron chi connectivity index (χ2n) is 7.09. The normalized spacial score (nSPS) is 15.1. The van der Waals surface area contributed by atoms with Gasteiger partial charge in [0.1, 0.15) is 18.2 Å². The molecule has 1 aliphatic rings. The van der Waals surface area contributed by atoms with Gasteiger partial charge in [-0.05, 0) is 12.8 Å². The lowest BCUT2D eigenvalue weighted by molar-refractivity contribution is -0.125. The standard InChI is InChI=1S/C18H25N7O2/c1-12(2)16-23-21-11-25(16)9-6-20-17(26)14-4-7-24(8-5-14)18-15(10-19)22-13(3)27-18/h11-12,14H,4-9H2,1-3H3,(H,20,26). The first-order chi connectivity index (χ1) is 13.0. The average molecular weight is 371 g/mol. The molecule has 9 heteroatoms. The summed E-state index contributed by atoms with van der Waals surface area (Å²) < 4.78 is 7.53. The molecule has 0 radical (unpaired) electrons. The lowest BCUT2D eigenvalue weighted by Crippen LogP contribution is -2.41. The Bertz CT molecular complexity index is 825. The van der Waals surface area contributed by atoms with Crippen molar-refractivity contribution in [2.45, 2.75) is 46.1 Å². The molecule has 144 valence electrons. The second-order valence-corrected chi connectivity index (χ2v) is 7.09. The molecule has 1 amide bonds. The summed E-state index contributed by atoms with van der Waals surface area (Å²) in [4.78, 5) is 18.5. The molecule has 0 bridgehead atoms. The molecule has 2 aromatic heterocycles. The van der Waals surface area contributed by atoms with E-state index in [0.29, 0.717) is 49.6 Å². The molecule has 3 rings (SSSR count). The van der Waals surface area contributed by atoms with Gasteiger partial charge in [-0.2, -0.15) is 5.26 Å². The van der Waals surface area contributed by atoms with Crippen LogP contribution in [0.15, 0.2) is 10.7 Å². The number of hydrogen-bond acceptors (Lipinski definition) is 7. The average Bonchev–Trinajstić information content (AvgIpc) is 3.28. The predicted octanol–water partition coefficient (Wildman–Crippen LogP) is 1.60. The van der Waals surface area contributed by atoms with Crippen molar-refractivity contribution in [2.24, 2.45) is 5.92 Å². The first kappa shape index (κ1) is 18.9. The van der Waals surface area contributed by atoms with E-state index in [1.165, 1.54) is 0 Å². The molecule has 0 aromatic carbocycles. The van der Waals surface area contributed by atoms with Crippen LogP contribution < -0.4 is 10.2 Å². The number of oxazole rings is 1. The van der Waals surface area contributed by atoms with Gasteiger partial charge < -0.3 is 19.2 Å². The zero-order chi connectivity index (χ0) is 19.4. The number of aryl methyl sites for hydroxylation is 1. The number of amides is 1. The maximum Gasteiger partial charge on any atom is 0.234 e. The maximum absolute atomic E-state index is 12.5. The molecular formula is C18H25N7O2. The third-order valence-corrected chi connectivity index (χ3v) is 4.79. The third-order valence-electron chi connectivity index (χ3n) is 4.79. The SMILES string of the molecule is Cc1nc(C#N)c(N2CCC(C(=O)NCCn3cnnc3C(C)C)CC2)o1. The summed E-state index contributed by atoms with van der Waals surface area (Å²) in [5, 5.41) is 20.2. The van der Waals surface area contributed by atoms with E-state index in [-0.39, 0.29) is 11.8 Å². The molecule has 9 nitrogen and oxygen atoms in total. The van der Waals surface area contributed by atoms with Crippen molar-refractivity contribution < 1.29 is 9.21 Å². The van der Waals surface area contributed by atoms with Crippen LogP contribution in [0.5, 0.6) is 0 Å². The lowest BCUT2D eigenvalue weighted by Gasteiger charge is -2.31. The van der Waals surface area contributed by atoms with Gasteiger partial charge in [0.05, 0.1) is 0 Å². The van der Waals surface area contributed by atoms with Crippen LogP contribution in [0.25, 0.3) is 0 Å². The second kappa shape index (κ2) is 8.20. The number of carbonyl (C=O) groups excluding carboxylic acids is 1. The highest BCUT2D eigenvalue weighted by Gasteiger charge is 2.28. The van der Waals surface area contributed by atoms with Crippen LogP contribution in [0.4, 0.5) is 5.88 Å². The van der Waals surface area contributed by atoms with Crippen molar-refractivity contribution >= 4 is 11.8 Å². The molecule has 0 atom stereocenters. The summed E-state index contributed by atoms with van der Waals surface area (Å²) >= 11 is 0. The van der Waals surface area contributed by atoms with E-state index in [1.54, 1.807) is 13.3 Å². The third kappa shape index (κ3) is 4.27. The fraction of sp³-hybridized carbons (Fsp3) is 0.611. The highest BCUT2D eigenvalue weighted by atomic mass is 16.4. The number of rotatable bonds is 6. The highest BCUT2D eigenvalue weighted by molar-refractivity contribution is 5.78. The molecule has 1 saturated heterocycles. The Morgan fingerprint density at radius 2 is 2.19 bits per heavy atom. The summed E-state index contributed by atoms with van der Waals surface area (Å²) in [6.07, 6.45) is 3.15. The number of nitrogens with one attached hydrogen (secondary N) is 1. The van der Waals surface area contributed by atoms with Gasteiger partial charge in [-0.15, -0.1) is 10.2 Å². The Balaban J connectivity index is 1.47. The molecule has 0 aliphatic carbocycles. The smallest absolute Gasteiger partial charge is 0.234 e. The quantitative estimate of drug-likeness (QED) is 0.820. The minimum atomic E-state index is -0.0266.